The van der Waals surface area contributed by atoms with Gasteiger partial charge in [0.1, 0.15) is 5.82 Å². The van der Waals surface area contributed by atoms with E-state index in [2.05, 4.69) is 27.8 Å². The van der Waals surface area contributed by atoms with Crippen LogP contribution in [0.15, 0.2) is 12.1 Å². The second-order valence-corrected chi connectivity index (χ2v) is 5.61. The lowest BCUT2D eigenvalue weighted by Crippen LogP contribution is -2.29. The van der Waals surface area contributed by atoms with Gasteiger partial charge in [-0.25, -0.2) is 0 Å². The molecule has 0 atom stereocenters. The zero-order chi connectivity index (χ0) is 13.7. The maximum absolute atomic E-state index is 11.3. The summed E-state index contributed by atoms with van der Waals surface area (Å²) >= 11 is 0. The second kappa shape index (κ2) is 5.99. The number of hydrogen-bond donors (Lipinski definition) is 2. The van der Waals surface area contributed by atoms with Crippen molar-refractivity contribution >= 4 is 11.7 Å². The largest absolute Gasteiger partial charge is 0.368 e. The van der Waals surface area contributed by atoms with Crippen molar-refractivity contribution in [2.75, 3.05) is 18.9 Å². The van der Waals surface area contributed by atoms with Crippen LogP contribution in [-0.4, -0.2) is 29.7 Å². The monoisotopic (exact) mass is 262 g/mol. The molecule has 1 fully saturated rings. The number of amides is 1. The number of rotatable bonds is 4. The van der Waals surface area contributed by atoms with Gasteiger partial charge in [-0.15, -0.1) is 10.2 Å². The summed E-state index contributed by atoms with van der Waals surface area (Å²) in [5.74, 6) is 0.526. The summed E-state index contributed by atoms with van der Waals surface area (Å²) in [7, 11) is 1.58. The molecule has 1 aromatic heterocycles. The summed E-state index contributed by atoms with van der Waals surface area (Å²) in [4.78, 5) is 11.3. The Morgan fingerprint density at radius 3 is 2.58 bits per heavy atom. The van der Waals surface area contributed by atoms with Crippen LogP contribution in [-0.2, 0) is 0 Å². The molecule has 104 valence electrons. The Bertz CT molecular complexity index is 424. The normalized spacial score (nSPS) is 17.8. The quantitative estimate of drug-likeness (QED) is 0.873. The fourth-order valence-electron chi connectivity index (χ4n) is 2.56. The molecule has 1 amide bonds. The van der Waals surface area contributed by atoms with E-state index in [-0.39, 0.29) is 5.91 Å². The summed E-state index contributed by atoms with van der Waals surface area (Å²) in [6.45, 7) is 3.24. The molecule has 1 aliphatic carbocycles. The zero-order valence-electron chi connectivity index (χ0n) is 11.7. The van der Waals surface area contributed by atoms with E-state index in [0.29, 0.717) is 11.1 Å². The third kappa shape index (κ3) is 3.66. The molecule has 0 unspecified atom stereocenters. The SMILES string of the molecule is CNC(=O)c1ccc(NCC2(C)CCCCC2)nn1. The van der Waals surface area contributed by atoms with Gasteiger partial charge in [0, 0.05) is 13.6 Å². The fraction of sp³-hybridized carbons (Fsp3) is 0.643. The standard InChI is InChI=1S/C14H22N4O/c1-14(8-4-3-5-9-14)10-16-12-7-6-11(17-18-12)13(19)15-2/h6-7H,3-5,8-10H2,1-2H3,(H,15,19)(H,16,18). The Kier molecular flexibility index (Phi) is 4.35. The third-order valence-corrected chi connectivity index (χ3v) is 3.88. The molecule has 1 heterocycles. The van der Waals surface area contributed by atoms with E-state index in [1.807, 2.05) is 6.07 Å². The number of hydrogen-bond acceptors (Lipinski definition) is 4. The van der Waals surface area contributed by atoms with Crippen molar-refractivity contribution in [1.29, 1.82) is 0 Å². The topological polar surface area (TPSA) is 66.9 Å². The van der Waals surface area contributed by atoms with Gasteiger partial charge in [0.15, 0.2) is 5.69 Å². The van der Waals surface area contributed by atoms with Gasteiger partial charge in [0.2, 0.25) is 0 Å². The Morgan fingerprint density at radius 2 is 2.00 bits per heavy atom. The van der Waals surface area contributed by atoms with Crippen LogP contribution in [0.4, 0.5) is 5.82 Å². The molecule has 0 aromatic carbocycles. The molecular weight excluding hydrogens is 240 g/mol. The van der Waals surface area contributed by atoms with Crippen molar-refractivity contribution in [2.24, 2.45) is 5.41 Å². The van der Waals surface area contributed by atoms with Gasteiger partial charge >= 0.3 is 0 Å². The predicted octanol–water partition coefficient (Wildman–Crippen LogP) is 2.22. The average molecular weight is 262 g/mol. The Morgan fingerprint density at radius 1 is 1.26 bits per heavy atom. The Hall–Kier alpha value is -1.65. The van der Waals surface area contributed by atoms with Crippen molar-refractivity contribution in [3.8, 4) is 0 Å². The Labute approximate surface area is 114 Å². The van der Waals surface area contributed by atoms with E-state index < -0.39 is 0 Å². The first-order chi connectivity index (χ1) is 9.13. The zero-order valence-corrected chi connectivity index (χ0v) is 11.7. The molecule has 5 nitrogen and oxygen atoms in total. The van der Waals surface area contributed by atoms with Crippen LogP contribution < -0.4 is 10.6 Å². The lowest BCUT2D eigenvalue weighted by molar-refractivity contribution is 0.0957. The van der Waals surface area contributed by atoms with E-state index in [0.717, 1.165) is 12.4 Å². The van der Waals surface area contributed by atoms with Crippen LogP contribution in [0.1, 0.15) is 49.5 Å². The number of nitrogens with one attached hydrogen (secondary N) is 2. The van der Waals surface area contributed by atoms with E-state index in [1.54, 1.807) is 13.1 Å². The van der Waals surface area contributed by atoms with Gasteiger partial charge in [-0.1, -0.05) is 26.2 Å². The number of carbonyl (C=O) groups excluding carboxylic acids is 1. The first-order valence-electron chi connectivity index (χ1n) is 6.93. The van der Waals surface area contributed by atoms with Gasteiger partial charge in [-0.05, 0) is 30.4 Å². The average Bonchev–Trinajstić information content (AvgIpc) is 2.46. The van der Waals surface area contributed by atoms with Crippen LogP contribution in [0.25, 0.3) is 0 Å². The van der Waals surface area contributed by atoms with Gasteiger partial charge in [-0.2, -0.15) is 0 Å². The molecule has 1 saturated carbocycles. The minimum atomic E-state index is -0.210. The maximum atomic E-state index is 11.3. The second-order valence-electron chi connectivity index (χ2n) is 5.61. The highest BCUT2D eigenvalue weighted by molar-refractivity contribution is 5.91. The van der Waals surface area contributed by atoms with Crippen molar-refractivity contribution in [3.05, 3.63) is 17.8 Å². The minimum absolute atomic E-state index is 0.210. The predicted molar refractivity (Wildman–Crippen MR) is 75.1 cm³/mol. The highest BCUT2D eigenvalue weighted by Crippen LogP contribution is 2.35. The van der Waals surface area contributed by atoms with Crippen molar-refractivity contribution in [3.63, 3.8) is 0 Å². The summed E-state index contributed by atoms with van der Waals surface area (Å²) < 4.78 is 0. The number of aromatic nitrogens is 2. The smallest absolute Gasteiger partial charge is 0.271 e. The fourth-order valence-corrected chi connectivity index (χ4v) is 2.56. The molecule has 0 bridgehead atoms. The summed E-state index contributed by atoms with van der Waals surface area (Å²) in [5, 5.41) is 13.8. The number of nitrogens with zero attached hydrogens (tertiary/aromatic N) is 2. The number of anilines is 1. The molecule has 5 heteroatoms. The maximum Gasteiger partial charge on any atom is 0.271 e. The van der Waals surface area contributed by atoms with E-state index >= 15 is 0 Å². The third-order valence-electron chi connectivity index (χ3n) is 3.88. The molecule has 2 rings (SSSR count). The van der Waals surface area contributed by atoms with Crippen LogP contribution in [0.5, 0.6) is 0 Å². The van der Waals surface area contributed by atoms with Crippen LogP contribution in [0.2, 0.25) is 0 Å². The number of carbonyl (C=O) groups is 1. The van der Waals surface area contributed by atoms with E-state index in [1.165, 1.54) is 32.1 Å². The minimum Gasteiger partial charge on any atom is -0.368 e. The van der Waals surface area contributed by atoms with Crippen molar-refractivity contribution in [1.82, 2.24) is 15.5 Å². The van der Waals surface area contributed by atoms with Gasteiger partial charge in [0.25, 0.3) is 5.91 Å². The molecule has 0 radical (unpaired) electrons. The molecule has 0 saturated heterocycles. The van der Waals surface area contributed by atoms with Gasteiger partial charge < -0.3 is 10.6 Å². The lowest BCUT2D eigenvalue weighted by Gasteiger charge is -2.33. The lowest BCUT2D eigenvalue weighted by atomic mass is 9.76. The van der Waals surface area contributed by atoms with E-state index in [9.17, 15) is 4.79 Å². The molecule has 1 aromatic rings. The summed E-state index contributed by atoms with van der Waals surface area (Å²) in [5.41, 5.74) is 0.705. The highest BCUT2D eigenvalue weighted by Gasteiger charge is 2.26. The van der Waals surface area contributed by atoms with Crippen LogP contribution >= 0.6 is 0 Å². The first-order valence-corrected chi connectivity index (χ1v) is 6.93. The van der Waals surface area contributed by atoms with Crippen molar-refractivity contribution in [2.45, 2.75) is 39.0 Å². The molecule has 19 heavy (non-hydrogen) atoms. The van der Waals surface area contributed by atoms with Gasteiger partial charge in [-0.3, -0.25) is 4.79 Å². The van der Waals surface area contributed by atoms with Gasteiger partial charge in [0.05, 0.1) is 0 Å². The highest BCUT2D eigenvalue weighted by atomic mass is 16.1. The first kappa shape index (κ1) is 13.8. The molecule has 1 aliphatic rings. The van der Waals surface area contributed by atoms with Crippen molar-refractivity contribution < 1.29 is 4.79 Å². The summed E-state index contributed by atoms with van der Waals surface area (Å²) in [6, 6.07) is 3.50. The molecule has 0 aliphatic heterocycles. The Balaban J connectivity index is 1.91. The molecule has 2 N–H and O–H groups in total. The molecule has 0 spiro atoms. The summed E-state index contributed by atoms with van der Waals surface area (Å²) in [6.07, 6.45) is 6.53. The van der Waals surface area contributed by atoms with Crippen LogP contribution in [0, 0.1) is 5.41 Å². The van der Waals surface area contributed by atoms with E-state index in [4.69, 9.17) is 0 Å². The van der Waals surface area contributed by atoms with Crippen LogP contribution in [0.3, 0.4) is 0 Å². The molecular formula is C14H22N4O.